The zero-order chi connectivity index (χ0) is 12.5. The van der Waals surface area contributed by atoms with E-state index in [9.17, 15) is 0 Å². The van der Waals surface area contributed by atoms with Crippen LogP contribution in [0.5, 0.6) is 0 Å². The molecule has 2 aliphatic rings. The van der Waals surface area contributed by atoms with Crippen LogP contribution >= 0.6 is 0 Å². The molecule has 1 heterocycles. The van der Waals surface area contributed by atoms with E-state index in [-0.39, 0.29) is 0 Å². The first-order valence-electron chi connectivity index (χ1n) is 7.51. The van der Waals surface area contributed by atoms with E-state index in [2.05, 4.69) is 25.7 Å². The fourth-order valence-electron chi connectivity index (χ4n) is 3.89. The van der Waals surface area contributed by atoms with Gasteiger partial charge in [0, 0.05) is 24.7 Å². The second-order valence-electron chi connectivity index (χ2n) is 7.01. The minimum atomic E-state index is 0.577. The fraction of sp³-hybridized carbons (Fsp3) is 1.00. The van der Waals surface area contributed by atoms with Crippen molar-refractivity contribution in [3.63, 3.8) is 0 Å². The molecule has 2 nitrogen and oxygen atoms in total. The molecule has 0 bridgehead atoms. The summed E-state index contributed by atoms with van der Waals surface area (Å²) >= 11 is 0. The van der Waals surface area contributed by atoms with E-state index < -0.39 is 0 Å². The van der Waals surface area contributed by atoms with Crippen molar-refractivity contribution in [2.75, 3.05) is 6.54 Å². The van der Waals surface area contributed by atoms with Crippen LogP contribution in [0.4, 0.5) is 0 Å². The molecule has 2 fully saturated rings. The number of hydrogen-bond acceptors (Lipinski definition) is 2. The minimum Gasteiger partial charge on any atom is -0.329 e. The van der Waals surface area contributed by atoms with Crippen molar-refractivity contribution in [3.8, 4) is 0 Å². The third-order valence-corrected chi connectivity index (χ3v) is 5.09. The summed E-state index contributed by atoms with van der Waals surface area (Å²) in [4.78, 5) is 2.78. The Balaban J connectivity index is 1.99. The van der Waals surface area contributed by atoms with E-state index in [0.717, 1.165) is 18.6 Å². The monoisotopic (exact) mass is 238 g/mol. The summed E-state index contributed by atoms with van der Waals surface area (Å²) in [6.07, 6.45) is 9.60. The molecular weight excluding hydrogens is 208 g/mol. The SMILES string of the molecule is CC1CCCC(CN)N1C1CCC(C)(C)CC1. The van der Waals surface area contributed by atoms with Crippen molar-refractivity contribution < 1.29 is 0 Å². The van der Waals surface area contributed by atoms with Gasteiger partial charge in [-0.1, -0.05) is 20.3 Å². The molecule has 0 aromatic carbocycles. The van der Waals surface area contributed by atoms with E-state index in [0.29, 0.717) is 11.5 Å². The third-order valence-electron chi connectivity index (χ3n) is 5.09. The largest absolute Gasteiger partial charge is 0.329 e. The highest BCUT2D eigenvalue weighted by Crippen LogP contribution is 2.39. The summed E-state index contributed by atoms with van der Waals surface area (Å²) < 4.78 is 0. The lowest BCUT2D eigenvalue weighted by atomic mass is 9.74. The normalized spacial score (nSPS) is 36.0. The summed E-state index contributed by atoms with van der Waals surface area (Å²) in [5.41, 5.74) is 6.55. The van der Waals surface area contributed by atoms with Gasteiger partial charge in [0.05, 0.1) is 0 Å². The molecule has 17 heavy (non-hydrogen) atoms. The Hall–Kier alpha value is -0.0800. The Bertz CT molecular complexity index is 239. The number of nitrogens with two attached hydrogens (primary N) is 1. The maximum atomic E-state index is 5.97. The highest BCUT2D eigenvalue weighted by molar-refractivity contribution is 4.91. The van der Waals surface area contributed by atoms with Crippen LogP contribution in [0.15, 0.2) is 0 Å². The quantitative estimate of drug-likeness (QED) is 0.800. The molecule has 2 unspecified atom stereocenters. The van der Waals surface area contributed by atoms with Gasteiger partial charge in [0.1, 0.15) is 0 Å². The second kappa shape index (κ2) is 5.27. The van der Waals surface area contributed by atoms with Crippen molar-refractivity contribution in [2.45, 2.75) is 83.8 Å². The van der Waals surface area contributed by atoms with Crippen molar-refractivity contribution in [1.82, 2.24) is 4.90 Å². The van der Waals surface area contributed by atoms with E-state index in [1.165, 1.54) is 44.9 Å². The molecule has 2 atom stereocenters. The van der Waals surface area contributed by atoms with Crippen LogP contribution in [0.1, 0.15) is 65.7 Å². The summed E-state index contributed by atoms with van der Waals surface area (Å²) in [5, 5.41) is 0. The molecule has 1 aliphatic carbocycles. The van der Waals surface area contributed by atoms with Crippen LogP contribution in [-0.4, -0.2) is 29.6 Å². The zero-order valence-electron chi connectivity index (χ0n) is 11.9. The number of likely N-dealkylation sites (tertiary alicyclic amines) is 1. The summed E-state index contributed by atoms with van der Waals surface area (Å²) in [5.74, 6) is 0. The van der Waals surface area contributed by atoms with E-state index in [1.54, 1.807) is 0 Å². The predicted molar refractivity (Wildman–Crippen MR) is 74.0 cm³/mol. The number of rotatable bonds is 2. The molecule has 1 aliphatic heterocycles. The summed E-state index contributed by atoms with van der Waals surface area (Å²) in [6, 6.07) is 2.22. The Labute approximate surface area is 107 Å². The standard InChI is InChI=1S/C15H30N2/c1-12-5-4-6-14(11-16)17(12)13-7-9-15(2,3)10-8-13/h12-14H,4-11,16H2,1-3H3. The first-order valence-corrected chi connectivity index (χ1v) is 7.51. The minimum absolute atomic E-state index is 0.577. The highest BCUT2D eigenvalue weighted by Gasteiger charge is 2.36. The summed E-state index contributed by atoms with van der Waals surface area (Å²) in [6.45, 7) is 8.10. The molecular formula is C15H30N2. The first-order chi connectivity index (χ1) is 8.03. The first kappa shape index (κ1) is 13.4. The molecule has 1 saturated heterocycles. The van der Waals surface area contributed by atoms with Gasteiger partial charge in [-0.15, -0.1) is 0 Å². The molecule has 0 aromatic heterocycles. The lowest BCUT2D eigenvalue weighted by molar-refractivity contribution is 0.0153. The topological polar surface area (TPSA) is 29.3 Å². The van der Waals surface area contributed by atoms with E-state index >= 15 is 0 Å². The molecule has 0 amide bonds. The van der Waals surface area contributed by atoms with Gasteiger partial charge in [0.15, 0.2) is 0 Å². The molecule has 1 saturated carbocycles. The maximum Gasteiger partial charge on any atom is 0.0224 e. The Morgan fingerprint density at radius 3 is 2.35 bits per heavy atom. The smallest absolute Gasteiger partial charge is 0.0224 e. The van der Waals surface area contributed by atoms with Gasteiger partial charge in [-0.3, -0.25) is 4.90 Å². The molecule has 100 valence electrons. The fourth-order valence-corrected chi connectivity index (χ4v) is 3.89. The van der Waals surface area contributed by atoms with Crippen LogP contribution < -0.4 is 5.73 Å². The Morgan fingerprint density at radius 2 is 1.76 bits per heavy atom. The Morgan fingerprint density at radius 1 is 1.12 bits per heavy atom. The van der Waals surface area contributed by atoms with E-state index in [4.69, 9.17) is 5.73 Å². The predicted octanol–water partition coefficient (Wildman–Crippen LogP) is 3.16. The van der Waals surface area contributed by atoms with Gasteiger partial charge in [0.25, 0.3) is 0 Å². The highest BCUT2D eigenvalue weighted by atomic mass is 15.2. The molecule has 2 rings (SSSR count). The van der Waals surface area contributed by atoms with Crippen LogP contribution in [0, 0.1) is 5.41 Å². The second-order valence-corrected chi connectivity index (χ2v) is 7.01. The lowest BCUT2D eigenvalue weighted by Crippen LogP contribution is -2.54. The van der Waals surface area contributed by atoms with Crippen molar-refractivity contribution in [2.24, 2.45) is 11.1 Å². The number of hydrogen-bond donors (Lipinski definition) is 1. The Kier molecular flexibility index (Phi) is 4.14. The van der Waals surface area contributed by atoms with E-state index in [1.807, 2.05) is 0 Å². The van der Waals surface area contributed by atoms with Crippen molar-refractivity contribution >= 4 is 0 Å². The van der Waals surface area contributed by atoms with Crippen LogP contribution in [0.25, 0.3) is 0 Å². The zero-order valence-corrected chi connectivity index (χ0v) is 11.9. The van der Waals surface area contributed by atoms with Crippen LogP contribution in [0.2, 0.25) is 0 Å². The molecule has 0 spiro atoms. The van der Waals surface area contributed by atoms with Gasteiger partial charge in [-0.2, -0.15) is 0 Å². The number of piperidine rings is 1. The van der Waals surface area contributed by atoms with Crippen molar-refractivity contribution in [3.05, 3.63) is 0 Å². The molecule has 0 aromatic rings. The van der Waals surface area contributed by atoms with Crippen LogP contribution in [-0.2, 0) is 0 Å². The third kappa shape index (κ3) is 3.03. The van der Waals surface area contributed by atoms with Gasteiger partial charge in [-0.25, -0.2) is 0 Å². The lowest BCUT2D eigenvalue weighted by Gasteiger charge is -2.48. The van der Waals surface area contributed by atoms with Gasteiger partial charge >= 0.3 is 0 Å². The van der Waals surface area contributed by atoms with Crippen molar-refractivity contribution in [1.29, 1.82) is 0 Å². The average molecular weight is 238 g/mol. The number of nitrogens with zero attached hydrogens (tertiary/aromatic N) is 1. The summed E-state index contributed by atoms with van der Waals surface area (Å²) in [7, 11) is 0. The molecule has 2 heteroatoms. The molecule has 2 N–H and O–H groups in total. The van der Waals surface area contributed by atoms with Gasteiger partial charge in [0.2, 0.25) is 0 Å². The van der Waals surface area contributed by atoms with Crippen LogP contribution in [0.3, 0.4) is 0 Å². The van der Waals surface area contributed by atoms with Gasteiger partial charge < -0.3 is 5.73 Å². The molecule has 0 radical (unpaired) electrons. The maximum absolute atomic E-state index is 5.97. The van der Waals surface area contributed by atoms with Gasteiger partial charge in [-0.05, 0) is 50.9 Å². The average Bonchev–Trinajstić information content (AvgIpc) is 2.29.